The molecular formula is C24H33N3O2. The molecule has 1 aromatic heterocycles. The second-order valence-corrected chi connectivity index (χ2v) is 8.80. The first-order chi connectivity index (χ1) is 13.7. The summed E-state index contributed by atoms with van der Waals surface area (Å²) in [6.07, 6.45) is 4.71. The Labute approximate surface area is 174 Å². The van der Waals surface area contributed by atoms with E-state index in [2.05, 4.69) is 43.7 Å². The third kappa shape index (κ3) is 4.55. The van der Waals surface area contributed by atoms with E-state index >= 15 is 0 Å². The number of aromatic nitrogens is 2. The zero-order valence-corrected chi connectivity index (χ0v) is 18.4. The molecule has 0 bridgehead atoms. The fraction of sp³-hybridized carbons (Fsp3) is 0.500. The highest BCUT2D eigenvalue weighted by Crippen LogP contribution is 2.33. The summed E-state index contributed by atoms with van der Waals surface area (Å²) in [4.78, 5) is 14.8. The molecule has 1 amide bonds. The van der Waals surface area contributed by atoms with Crippen LogP contribution in [0.4, 0.5) is 0 Å². The van der Waals surface area contributed by atoms with Crippen molar-refractivity contribution in [1.29, 1.82) is 0 Å². The molecule has 2 heterocycles. The zero-order valence-electron chi connectivity index (χ0n) is 18.4. The predicted octanol–water partition coefficient (Wildman–Crippen LogP) is 4.46. The monoisotopic (exact) mass is 395 g/mol. The van der Waals surface area contributed by atoms with Gasteiger partial charge in [-0.15, -0.1) is 11.7 Å². The molecular weight excluding hydrogens is 362 g/mol. The molecule has 0 unspecified atom stereocenters. The van der Waals surface area contributed by atoms with Gasteiger partial charge in [0.25, 0.3) is 0 Å². The fourth-order valence-corrected chi connectivity index (χ4v) is 4.12. The van der Waals surface area contributed by atoms with E-state index in [4.69, 9.17) is 4.74 Å². The summed E-state index contributed by atoms with van der Waals surface area (Å²) in [6, 6.07) is 6.50. The van der Waals surface area contributed by atoms with E-state index in [0.717, 1.165) is 42.8 Å². The Morgan fingerprint density at radius 3 is 2.41 bits per heavy atom. The van der Waals surface area contributed by atoms with Gasteiger partial charge in [0, 0.05) is 31.3 Å². The Balaban J connectivity index is 1.88. The van der Waals surface area contributed by atoms with Crippen LogP contribution in [0.2, 0.25) is 0 Å². The van der Waals surface area contributed by atoms with Gasteiger partial charge < -0.3 is 9.64 Å². The van der Waals surface area contributed by atoms with Crippen molar-refractivity contribution < 1.29 is 9.53 Å². The first kappa shape index (κ1) is 21.2. The summed E-state index contributed by atoms with van der Waals surface area (Å²) in [5.74, 6) is 0.745. The molecule has 0 radical (unpaired) electrons. The lowest BCUT2D eigenvalue weighted by Gasteiger charge is -2.28. The number of allylic oxidation sites excluding steroid dienone is 1. The minimum atomic E-state index is -0.590. The van der Waals surface area contributed by atoms with Gasteiger partial charge in [-0.3, -0.25) is 9.48 Å². The Morgan fingerprint density at radius 2 is 1.83 bits per heavy atom. The van der Waals surface area contributed by atoms with Crippen LogP contribution in [0.15, 0.2) is 30.9 Å². The molecule has 5 nitrogen and oxygen atoms in total. The molecule has 1 saturated heterocycles. The molecule has 3 rings (SSSR count). The number of rotatable bonds is 7. The predicted molar refractivity (Wildman–Crippen MR) is 117 cm³/mol. The molecule has 2 aromatic rings. The Hall–Kier alpha value is -2.56. The van der Waals surface area contributed by atoms with Crippen LogP contribution in [0.3, 0.4) is 0 Å². The smallest absolute Gasteiger partial charge is 0.236 e. The molecule has 0 saturated carbocycles. The topological polar surface area (TPSA) is 47.4 Å². The van der Waals surface area contributed by atoms with Gasteiger partial charge in [0.2, 0.25) is 11.8 Å². The van der Waals surface area contributed by atoms with Crippen LogP contribution in [0.25, 0.3) is 11.3 Å². The second kappa shape index (κ2) is 8.44. The van der Waals surface area contributed by atoms with Crippen molar-refractivity contribution in [1.82, 2.24) is 14.7 Å². The number of carbonyl (C=O) groups is 1. The van der Waals surface area contributed by atoms with Gasteiger partial charge in [0.05, 0.1) is 11.1 Å². The fourth-order valence-electron chi connectivity index (χ4n) is 4.12. The van der Waals surface area contributed by atoms with Crippen molar-refractivity contribution in [2.45, 2.75) is 47.0 Å². The molecule has 0 aliphatic carbocycles. The van der Waals surface area contributed by atoms with Crippen LogP contribution >= 0.6 is 0 Å². The van der Waals surface area contributed by atoms with Crippen LogP contribution in [0.1, 0.15) is 43.4 Å². The van der Waals surface area contributed by atoms with Crippen LogP contribution in [-0.2, 0) is 18.3 Å². The lowest BCUT2D eigenvalue weighted by molar-refractivity contribution is -0.140. The molecule has 1 aliphatic heterocycles. The van der Waals surface area contributed by atoms with Gasteiger partial charge in [-0.2, -0.15) is 0 Å². The molecule has 0 N–H and O–H groups in total. The highest BCUT2D eigenvalue weighted by molar-refractivity contribution is 5.82. The van der Waals surface area contributed by atoms with Crippen molar-refractivity contribution in [2.75, 3.05) is 19.7 Å². The Kier molecular flexibility index (Phi) is 6.15. The standard InChI is InChI=1S/C24H33N3O2/c1-7-10-20-21(19-14-17(2)13-18(3)15-19)26(6)25-22(20)29-16-24(4,5)23(28)27-11-8-9-12-27/h7,13-15H,1,8-12,16H2,2-6H3. The van der Waals surface area contributed by atoms with Gasteiger partial charge in [0.1, 0.15) is 6.61 Å². The zero-order chi connectivity index (χ0) is 21.2. The van der Waals surface area contributed by atoms with E-state index in [0.29, 0.717) is 18.9 Å². The van der Waals surface area contributed by atoms with Gasteiger partial charge in [0.15, 0.2) is 0 Å². The second-order valence-electron chi connectivity index (χ2n) is 8.80. The number of likely N-dealkylation sites (tertiary alicyclic amines) is 1. The van der Waals surface area contributed by atoms with Gasteiger partial charge in [-0.25, -0.2) is 0 Å². The SMILES string of the molecule is C=CCc1c(OCC(C)(C)C(=O)N2CCCC2)nn(C)c1-c1cc(C)cc(C)c1. The minimum absolute atomic E-state index is 0.158. The summed E-state index contributed by atoms with van der Waals surface area (Å²) in [6.45, 7) is 14.0. The lowest BCUT2D eigenvalue weighted by atomic mass is 9.93. The summed E-state index contributed by atoms with van der Waals surface area (Å²) in [5, 5.41) is 4.65. The van der Waals surface area contributed by atoms with E-state index in [1.165, 1.54) is 11.1 Å². The van der Waals surface area contributed by atoms with Crippen LogP contribution in [-0.4, -0.2) is 40.3 Å². The van der Waals surface area contributed by atoms with Gasteiger partial charge in [-0.05, 0) is 59.1 Å². The molecule has 5 heteroatoms. The van der Waals surface area contributed by atoms with Gasteiger partial charge >= 0.3 is 0 Å². The van der Waals surface area contributed by atoms with E-state index < -0.39 is 5.41 Å². The average molecular weight is 396 g/mol. The van der Waals surface area contributed by atoms with Crippen molar-refractivity contribution in [2.24, 2.45) is 12.5 Å². The van der Waals surface area contributed by atoms with Crippen molar-refractivity contribution in [3.05, 3.63) is 47.5 Å². The molecule has 29 heavy (non-hydrogen) atoms. The highest BCUT2D eigenvalue weighted by Gasteiger charge is 2.34. The maximum absolute atomic E-state index is 12.9. The third-order valence-electron chi connectivity index (χ3n) is 5.49. The molecule has 1 aliphatic rings. The summed E-state index contributed by atoms with van der Waals surface area (Å²) in [7, 11) is 1.94. The van der Waals surface area contributed by atoms with E-state index in [-0.39, 0.29) is 5.91 Å². The maximum atomic E-state index is 12.9. The number of hydrogen-bond acceptors (Lipinski definition) is 3. The van der Waals surface area contributed by atoms with Crippen molar-refractivity contribution >= 4 is 5.91 Å². The normalized spacial score (nSPS) is 14.3. The molecule has 1 fully saturated rings. The molecule has 156 valence electrons. The number of carbonyl (C=O) groups excluding carboxylic acids is 1. The van der Waals surface area contributed by atoms with Crippen LogP contribution in [0.5, 0.6) is 5.88 Å². The average Bonchev–Trinajstić information content (AvgIpc) is 3.27. The summed E-state index contributed by atoms with van der Waals surface area (Å²) >= 11 is 0. The first-order valence-electron chi connectivity index (χ1n) is 10.4. The minimum Gasteiger partial charge on any atom is -0.475 e. The third-order valence-corrected chi connectivity index (χ3v) is 5.49. The number of nitrogens with zero attached hydrogens (tertiary/aromatic N) is 3. The number of ether oxygens (including phenoxy) is 1. The van der Waals surface area contributed by atoms with Crippen molar-refractivity contribution in [3.63, 3.8) is 0 Å². The Bertz CT molecular complexity index is 885. The number of benzene rings is 1. The number of hydrogen-bond donors (Lipinski definition) is 0. The molecule has 0 spiro atoms. The number of amides is 1. The maximum Gasteiger partial charge on any atom is 0.236 e. The number of aryl methyl sites for hydroxylation is 3. The quantitative estimate of drug-likeness (QED) is 0.650. The Morgan fingerprint density at radius 1 is 1.21 bits per heavy atom. The summed E-state index contributed by atoms with van der Waals surface area (Å²) < 4.78 is 8.02. The van der Waals surface area contributed by atoms with E-state index in [9.17, 15) is 4.79 Å². The van der Waals surface area contributed by atoms with Crippen LogP contribution in [0, 0.1) is 19.3 Å². The molecule has 0 atom stereocenters. The first-order valence-corrected chi connectivity index (χ1v) is 10.4. The van der Waals surface area contributed by atoms with E-state index in [1.807, 2.05) is 36.6 Å². The highest BCUT2D eigenvalue weighted by atomic mass is 16.5. The van der Waals surface area contributed by atoms with Gasteiger partial charge in [-0.1, -0.05) is 23.3 Å². The van der Waals surface area contributed by atoms with Crippen molar-refractivity contribution in [3.8, 4) is 17.1 Å². The largest absolute Gasteiger partial charge is 0.475 e. The lowest BCUT2D eigenvalue weighted by Crippen LogP contribution is -2.42. The molecule has 1 aromatic carbocycles. The summed E-state index contributed by atoms with van der Waals surface area (Å²) in [5.41, 5.74) is 5.01. The van der Waals surface area contributed by atoms with Crippen LogP contribution < -0.4 is 4.74 Å². The van der Waals surface area contributed by atoms with E-state index in [1.54, 1.807) is 0 Å².